The quantitative estimate of drug-likeness (QED) is 0.574. The number of carbonyl (C=O) groups excluding carboxylic acids is 3. The predicted molar refractivity (Wildman–Crippen MR) is 113 cm³/mol. The van der Waals surface area contributed by atoms with Gasteiger partial charge < -0.3 is 10.1 Å². The van der Waals surface area contributed by atoms with E-state index in [-0.39, 0.29) is 17.9 Å². The molecule has 0 atom stereocenters. The van der Waals surface area contributed by atoms with E-state index in [1.807, 2.05) is 13.8 Å². The minimum atomic E-state index is -0.461. The third-order valence-electron chi connectivity index (χ3n) is 4.21. The Hall–Kier alpha value is -2.87. The first kappa shape index (κ1) is 20.9. The summed E-state index contributed by atoms with van der Waals surface area (Å²) in [5.41, 5.74) is 6.12. The van der Waals surface area contributed by atoms with Crippen molar-refractivity contribution in [2.75, 3.05) is 5.32 Å². The van der Waals surface area contributed by atoms with Gasteiger partial charge in [0.25, 0.3) is 11.8 Å². The molecule has 1 aliphatic carbocycles. The molecule has 0 radical (unpaired) electrons. The minimum absolute atomic E-state index is 0.00504. The van der Waals surface area contributed by atoms with E-state index in [0.29, 0.717) is 27.0 Å². The first-order valence-electron chi connectivity index (χ1n) is 9.31. The topological polar surface area (TPSA) is 96.5 Å². The average Bonchev–Trinajstić information content (AvgIpc) is 3.53. The number of amides is 3. The van der Waals surface area contributed by atoms with Crippen LogP contribution in [0.15, 0.2) is 46.9 Å². The van der Waals surface area contributed by atoms with Crippen molar-refractivity contribution in [3.05, 3.63) is 58.1 Å². The summed E-state index contributed by atoms with van der Waals surface area (Å²) in [5.74, 6) is -0.167. The first-order valence-corrected chi connectivity index (χ1v) is 10.1. The van der Waals surface area contributed by atoms with E-state index in [4.69, 9.17) is 4.74 Å². The van der Waals surface area contributed by atoms with Gasteiger partial charge in [0.05, 0.1) is 10.6 Å². The van der Waals surface area contributed by atoms with Crippen LogP contribution in [0.4, 0.5) is 5.69 Å². The number of anilines is 1. The van der Waals surface area contributed by atoms with Crippen LogP contribution >= 0.6 is 15.9 Å². The van der Waals surface area contributed by atoms with Crippen LogP contribution in [0.2, 0.25) is 0 Å². The normalized spacial score (nSPS) is 13.0. The molecule has 152 valence electrons. The number of benzene rings is 2. The zero-order valence-electron chi connectivity index (χ0n) is 16.1. The van der Waals surface area contributed by atoms with E-state index in [1.165, 1.54) is 0 Å². The third-order valence-corrected chi connectivity index (χ3v) is 4.83. The van der Waals surface area contributed by atoms with E-state index < -0.39 is 11.8 Å². The number of halogens is 1. The molecule has 0 spiro atoms. The van der Waals surface area contributed by atoms with Crippen molar-refractivity contribution in [3.8, 4) is 5.75 Å². The summed E-state index contributed by atoms with van der Waals surface area (Å²) in [4.78, 5) is 36.3. The highest BCUT2D eigenvalue weighted by Gasteiger charge is 2.29. The van der Waals surface area contributed by atoms with E-state index in [2.05, 4.69) is 32.1 Å². The lowest BCUT2D eigenvalue weighted by atomic mass is 10.2. The Morgan fingerprint density at radius 3 is 2.10 bits per heavy atom. The highest BCUT2D eigenvalue weighted by molar-refractivity contribution is 9.10. The number of hydrazine groups is 1. The maximum atomic E-state index is 12.3. The van der Waals surface area contributed by atoms with Gasteiger partial charge in [0.15, 0.2) is 0 Å². The molecule has 7 nitrogen and oxygen atoms in total. The average molecular weight is 460 g/mol. The molecule has 3 rings (SSSR count). The fourth-order valence-electron chi connectivity index (χ4n) is 2.54. The largest absolute Gasteiger partial charge is 0.490 e. The Morgan fingerprint density at radius 2 is 1.55 bits per heavy atom. The summed E-state index contributed by atoms with van der Waals surface area (Å²) < 4.78 is 6.26. The molecule has 0 unspecified atom stereocenters. The molecule has 2 aromatic carbocycles. The molecule has 8 heteroatoms. The van der Waals surface area contributed by atoms with Crippen molar-refractivity contribution < 1.29 is 19.1 Å². The van der Waals surface area contributed by atoms with Crippen molar-refractivity contribution in [1.29, 1.82) is 0 Å². The molecule has 29 heavy (non-hydrogen) atoms. The van der Waals surface area contributed by atoms with Crippen LogP contribution in [-0.2, 0) is 4.79 Å². The van der Waals surface area contributed by atoms with Crippen LogP contribution in [0.5, 0.6) is 5.75 Å². The van der Waals surface area contributed by atoms with Crippen LogP contribution < -0.4 is 20.9 Å². The van der Waals surface area contributed by atoms with Crippen molar-refractivity contribution in [3.63, 3.8) is 0 Å². The molecule has 1 aliphatic rings. The monoisotopic (exact) mass is 459 g/mol. The summed E-state index contributed by atoms with van der Waals surface area (Å²) >= 11 is 3.37. The van der Waals surface area contributed by atoms with Gasteiger partial charge in [-0.15, -0.1) is 0 Å². The summed E-state index contributed by atoms with van der Waals surface area (Å²) in [6, 6.07) is 11.4. The van der Waals surface area contributed by atoms with Crippen molar-refractivity contribution in [2.24, 2.45) is 5.92 Å². The van der Waals surface area contributed by atoms with E-state index in [1.54, 1.807) is 42.5 Å². The van der Waals surface area contributed by atoms with Crippen molar-refractivity contribution >= 4 is 39.3 Å². The Morgan fingerprint density at radius 1 is 0.966 bits per heavy atom. The minimum Gasteiger partial charge on any atom is -0.490 e. The Labute approximate surface area is 177 Å². The highest BCUT2D eigenvalue weighted by Crippen LogP contribution is 2.30. The maximum absolute atomic E-state index is 12.3. The van der Waals surface area contributed by atoms with E-state index >= 15 is 0 Å². The van der Waals surface area contributed by atoms with Crippen LogP contribution in [0.25, 0.3) is 0 Å². The number of hydrogen-bond donors (Lipinski definition) is 3. The van der Waals surface area contributed by atoms with Crippen molar-refractivity contribution in [2.45, 2.75) is 32.8 Å². The van der Waals surface area contributed by atoms with Crippen LogP contribution in [0, 0.1) is 5.92 Å². The summed E-state index contributed by atoms with van der Waals surface area (Å²) in [5, 5.41) is 2.81. The molecule has 0 heterocycles. The van der Waals surface area contributed by atoms with Gasteiger partial charge in [0, 0.05) is 22.7 Å². The molecule has 0 saturated heterocycles. The van der Waals surface area contributed by atoms with Crippen molar-refractivity contribution in [1.82, 2.24) is 10.9 Å². The second-order valence-electron chi connectivity index (χ2n) is 7.06. The fraction of sp³-hybridized carbons (Fsp3) is 0.286. The predicted octanol–water partition coefficient (Wildman–Crippen LogP) is 3.66. The van der Waals surface area contributed by atoms with Gasteiger partial charge in [0.1, 0.15) is 5.75 Å². The first-order chi connectivity index (χ1) is 13.8. The lowest BCUT2D eigenvalue weighted by Crippen LogP contribution is -2.41. The lowest BCUT2D eigenvalue weighted by Gasteiger charge is -2.13. The number of nitrogens with one attached hydrogen (secondary N) is 3. The smallest absolute Gasteiger partial charge is 0.269 e. The highest BCUT2D eigenvalue weighted by atomic mass is 79.9. The van der Waals surface area contributed by atoms with Gasteiger partial charge in [-0.3, -0.25) is 25.2 Å². The van der Waals surface area contributed by atoms with Gasteiger partial charge in [-0.25, -0.2) is 0 Å². The second kappa shape index (κ2) is 9.09. The molecule has 3 amide bonds. The molecule has 0 bridgehead atoms. The van der Waals surface area contributed by atoms with Gasteiger partial charge in [-0.1, -0.05) is 0 Å². The SMILES string of the molecule is CC(C)Oc1ccc(C(=O)NNC(=O)c2ccc(NC(=O)C3CC3)cc2)cc1Br. The molecular weight excluding hydrogens is 438 g/mol. The zero-order valence-corrected chi connectivity index (χ0v) is 17.7. The molecule has 0 aliphatic heterocycles. The van der Waals surface area contributed by atoms with Gasteiger partial charge in [-0.05, 0) is 85.1 Å². The number of ether oxygens (including phenoxy) is 1. The Balaban J connectivity index is 1.53. The van der Waals surface area contributed by atoms with Crippen LogP contribution in [0.3, 0.4) is 0 Å². The van der Waals surface area contributed by atoms with Crippen LogP contribution in [0.1, 0.15) is 47.4 Å². The molecule has 0 aromatic heterocycles. The lowest BCUT2D eigenvalue weighted by molar-refractivity contribution is -0.117. The molecular formula is C21H22BrN3O4. The second-order valence-corrected chi connectivity index (χ2v) is 7.92. The van der Waals surface area contributed by atoms with Gasteiger partial charge in [0.2, 0.25) is 5.91 Å². The maximum Gasteiger partial charge on any atom is 0.269 e. The summed E-state index contributed by atoms with van der Waals surface area (Å²) in [6.07, 6.45) is 1.87. The standard InChI is InChI=1S/C21H22BrN3O4/c1-12(2)29-18-10-7-15(11-17(18)22)21(28)25-24-20(27)14-5-8-16(9-6-14)23-19(26)13-3-4-13/h5-13H,3-4H2,1-2H3,(H,23,26)(H,24,27)(H,25,28). The molecule has 1 saturated carbocycles. The molecule has 3 N–H and O–H groups in total. The number of carbonyl (C=O) groups is 3. The van der Waals surface area contributed by atoms with E-state index in [9.17, 15) is 14.4 Å². The Kier molecular flexibility index (Phi) is 6.53. The van der Waals surface area contributed by atoms with Gasteiger partial charge >= 0.3 is 0 Å². The molecule has 1 fully saturated rings. The zero-order chi connectivity index (χ0) is 21.0. The fourth-order valence-corrected chi connectivity index (χ4v) is 3.02. The Bertz CT molecular complexity index is 924. The summed E-state index contributed by atoms with van der Waals surface area (Å²) in [6.45, 7) is 3.83. The number of hydrogen-bond acceptors (Lipinski definition) is 4. The number of rotatable bonds is 6. The van der Waals surface area contributed by atoms with Gasteiger partial charge in [-0.2, -0.15) is 0 Å². The molecule has 2 aromatic rings. The van der Waals surface area contributed by atoms with E-state index in [0.717, 1.165) is 12.8 Å². The summed E-state index contributed by atoms with van der Waals surface area (Å²) in [7, 11) is 0. The third kappa shape index (κ3) is 5.80. The van der Waals surface area contributed by atoms with Crippen LogP contribution in [-0.4, -0.2) is 23.8 Å².